The maximum Gasteiger partial charge on any atom is 0.277 e. The Morgan fingerprint density at radius 2 is 1.81 bits per heavy atom. The molecule has 0 radical (unpaired) electrons. The highest BCUT2D eigenvalue weighted by atomic mass is 16.6. The van der Waals surface area contributed by atoms with Crippen molar-refractivity contribution in [2.45, 2.75) is 0 Å². The van der Waals surface area contributed by atoms with Gasteiger partial charge in [-0.15, -0.1) is 0 Å². The van der Waals surface area contributed by atoms with Crippen LogP contribution in [0.3, 0.4) is 0 Å². The number of aromatic nitrogens is 2. The smallest absolute Gasteiger partial charge is 0.277 e. The second-order valence-electron chi connectivity index (χ2n) is 5.94. The second kappa shape index (κ2) is 7.57. The van der Waals surface area contributed by atoms with E-state index < -0.39 is 0 Å². The Bertz CT molecular complexity index is 953. The number of nitrogens with zero attached hydrogens (tertiary/aromatic N) is 4. The number of hydrogen-bond donors (Lipinski definition) is 0. The van der Waals surface area contributed by atoms with Crippen LogP contribution in [0.25, 0.3) is 28.7 Å². The molecule has 0 spiro atoms. The molecule has 0 unspecified atom stereocenters. The summed E-state index contributed by atoms with van der Waals surface area (Å²) in [4.78, 5) is 21.7. The summed E-state index contributed by atoms with van der Waals surface area (Å²) >= 11 is 0. The molecule has 6 nitrogen and oxygen atoms in total. The lowest BCUT2D eigenvalue weighted by atomic mass is 10.1. The van der Waals surface area contributed by atoms with E-state index >= 15 is 0 Å². The van der Waals surface area contributed by atoms with Gasteiger partial charge in [0.25, 0.3) is 5.69 Å². The van der Waals surface area contributed by atoms with Crippen LogP contribution in [0.5, 0.6) is 0 Å². The van der Waals surface area contributed by atoms with Crippen molar-refractivity contribution < 1.29 is 4.92 Å². The van der Waals surface area contributed by atoms with Crippen LogP contribution < -0.4 is 0 Å². The van der Waals surface area contributed by atoms with E-state index in [0.29, 0.717) is 17.0 Å². The van der Waals surface area contributed by atoms with Crippen molar-refractivity contribution in [3.8, 4) is 22.6 Å². The van der Waals surface area contributed by atoms with Crippen molar-refractivity contribution in [1.82, 2.24) is 14.9 Å². The number of nitro groups is 1. The largest absolute Gasteiger partial charge is 0.383 e. The molecule has 0 aliphatic heterocycles. The first-order valence-electron chi connectivity index (χ1n) is 8.06. The standard InChI is InChI=1S/C20H18N4O2/c1-23(2)13-11-16-8-9-17(14-19(16)24(25)26)20-21-12-10-18(22-20)15-6-4-3-5-7-15/h3-14H,1-2H3. The molecule has 0 aliphatic rings. The highest BCUT2D eigenvalue weighted by Gasteiger charge is 2.15. The molecule has 6 heteroatoms. The molecule has 0 atom stereocenters. The summed E-state index contributed by atoms with van der Waals surface area (Å²) in [5.41, 5.74) is 2.91. The molecule has 0 aliphatic carbocycles. The third kappa shape index (κ3) is 3.92. The van der Waals surface area contributed by atoms with E-state index in [2.05, 4.69) is 9.97 Å². The number of nitro benzene ring substituents is 1. The minimum Gasteiger partial charge on any atom is -0.383 e. The Hall–Kier alpha value is -3.54. The molecule has 1 aromatic heterocycles. The lowest BCUT2D eigenvalue weighted by Gasteiger charge is -2.06. The minimum absolute atomic E-state index is 0.0225. The zero-order chi connectivity index (χ0) is 18.5. The molecule has 0 fully saturated rings. The number of hydrogen-bond acceptors (Lipinski definition) is 5. The minimum atomic E-state index is -0.389. The fourth-order valence-corrected chi connectivity index (χ4v) is 2.48. The van der Waals surface area contributed by atoms with Crippen molar-refractivity contribution in [3.05, 3.63) is 82.7 Å². The number of rotatable bonds is 5. The van der Waals surface area contributed by atoms with Crippen LogP contribution in [0, 0.1) is 10.1 Å². The summed E-state index contributed by atoms with van der Waals surface area (Å²) < 4.78 is 0. The highest BCUT2D eigenvalue weighted by Crippen LogP contribution is 2.27. The van der Waals surface area contributed by atoms with Gasteiger partial charge in [-0.3, -0.25) is 10.1 Å². The van der Waals surface area contributed by atoms with E-state index in [0.717, 1.165) is 11.3 Å². The van der Waals surface area contributed by atoms with E-state index in [1.165, 1.54) is 6.07 Å². The maximum absolute atomic E-state index is 11.5. The van der Waals surface area contributed by atoms with Crippen LogP contribution in [-0.2, 0) is 0 Å². The predicted octanol–water partition coefficient (Wildman–Crippen LogP) is 4.25. The summed E-state index contributed by atoms with van der Waals surface area (Å²) in [6.45, 7) is 0. The van der Waals surface area contributed by atoms with Crippen molar-refractivity contribution >= 4 is 11.8 Å². The van der Waals surface area contributed by atoms with Crippen molar-refractivity contribution in [2.24, 2.45) is 0 Å². The molecule has 0 saturated heterocycles. The molecule has 0 bridgehead atoms. The van der Waals surface area contributed by atoms with Crippen LogP contribution in [-0.4, -0.2) is 33.9 Å². The van der Waals surface area contributed by atoms with E-state index in [-0.39, 0.29) is 10.6 Å². The molecule has 0 N–H and O–H groups in total. The Morgan fingerprint density at radius 1 is 1.04 bits per heavy atom. The topological polar surface area (TPSA) is 72.2 Å². The van der Waals surface area contributed by atoms with Gasteiger partial charge in [0, 0.05) is 37.5 Å². The Kier molecular flexibility index (Phi) is 5.03. The van der Waals surface area contributed by atoms with E-state index in [1.54, 1.807) is 30.6 Å². The SMILES string of the molecule is CN(C)C=Cc1ccc(-c2nccc(-c3ccccc3)n2)cc1[N+](=O)[O-]. The van der Waals surface area contributed by atoms with Gasteiger partial charge in [-0.2, -0.15) is 0 Å². The second-order valence-corrected chi connectivity index (χ2v) is 5.94. The lowest BCUT2D eigenvalue weighted by Crippen LogP contribution is -2.00. The summed E-state index contributed by atoms with van der Waals surface area (Å²) in [7, 11) is 3.72. The van der Waals surface area contributed by atoms with E-state index in [9.17, 15) is 10.1 Å². The molecule has 3 rings (SSSR count). The third-order valence-corrected chi connectivity index (χ3v) is 3.76. The van der Waals surface area contributed by atoms with E-state index in [1.807, 2.05) is 55.4 Å². The first-order valence-corrected chi connectivity index (χ1v) is 8.06. The van der Waals surface area contributed by atoms with Crippen molar-refractivity contribution in [1.29, 1.82) is 0 Å². The third-order valence-electron chi connectivity index (χ3n) is 3.76. The first kappa shape index (κ1) is 17.3. The van der Waals surface area contributed by atoms with Gasteiger partial charge in [0.15, 0.2) is 5.82 Å². The average molecular weight is 346 g/mol. The van der Waals surface area contributed by atoms with Crippen LogP contribution in [0.4, 0.5) is 5.69 Å². The zero-order valence-electron chi connectivity index (χ0n) is 14.5. The average Bonchev–Trinajstić information content (AvgIpc) is 2.67. The quantitative estimate of drug-likeness (QED) is 0.510. The Labute approximate surface area is 151 Å². The van der Waals surface area contributed by atoms with Gasteiger partial charge in [0.05, 0.1) is 16.2 Å². The normalized spacial score (nSPS) is 10.8. The van der Waals surface area contributed by atoms with Crippen LogP contribution in [0.2, 0.25) is 0 Å². The fourth-order valence-electron chi connectivity index (χ4n) is 2.48. The van der Waals surface area contributed by atoms with E-state index in [4.69, 9.17) is 0 Å². The lowest BCUT2D eigenvalue weighted by molar-refractivity contribution is -0.385. The van der Waals surface area contributed by atoms with Gasteiger partial charge < -0.3 is 4.90 Å². The molecule has 1 heterocycles. The fraction of sp³-hybridized carbons (Fsp3) is 0.100. The first-order chi connectivity index (χ1) is 12.5. The molecule has 0 amide bonds. The van der Waals surface area contributed by atoms with Gasteiger partial charge in [-0.25, -0.2) is 9.97 Å². The van der Waals surface area contributed by atoms with Gasteiger partial charge in [0.1, 0.15) is 0 Å². The molecule has 0 saturated carbocycles. The van der Waals surface area contributed by atoms with Gasteiger partial charge in [0.2, 0.25) is 0 Å². The summed E-state index contributed by atoms with van der Waals surface area (Å²) in [5, 5.41) is 11.5. The van der Waals surface area contributed by atoms with Crippen molar-refractivity contribution in [3.63, 3.8) is 0 Å². The molecule has 130 valence electrons. The summed E-state index contributed by atoms with van der Waals surface area (Å²) in [5.74, 6) is 0.456. The molecule has 26 heavy (non-hydrogen) atoms. The van der Waals surface area contributed by atoms with Crippen LogP contribution >= 0.6 is 0 Å². The zero-order valence-corrected chi connectivity index (χ0v) is 14.5. The maximum atomic E-state index is 11.5. The molecule has 3 aromatic rings. The Balaban J connectivity index is 2.02. The predicted molar refractivity (Wildman–Crippen MR) is 102 cm³/mol. The molecular weight excluding hydrogens is 328 g/mol. The molecule has 2 aromatic carbocycles. The number of benzene rings is 2. The summed E-state index contributed by atoms with van der Waals surface area (Å²) in [6, 6.07) is 16.6. The highest BCUT2D eigenvalue weighted by molar-refractivity contribution is 5.70. The Morgan fingerprint density at radius 3 is 2.50 bits per heavy atom. The summed E-state index contributed by atoms with van der Waals surface area (Å²) in [6.07, 6.45) is 5.15. The van der Waals surface area contributed by atoms with Crippen LogP contribution in [0.15, 0.2) is 67.0 Å². The monoisotopic (exact) mass is 346 g/mol. The molecular formula is C20H18N4O2. The van der Waals surface area contributed by atoms with Crippen LogP contribution in [0.1, 0.15) is 5.56 Å². The van der Waals surface area contributed by atoms with Gasteiger partial charge in [-0.1, -0.05) is 36.4 Å². The van der Waals surface area contributed by atoms with Gasteiger partial charge >= 0.3 is 0 Å². The van der Waals surface area contributed by atoms with Crippen molar-refractivity contribution in [2.75, 3.05) is 14.1 Å². The van der Waals surface area contributed by atoms with Gasteiger partial charge in [-0.05, 0) is 24.4 Å².